The smallest absolute Gasteiger partial charge is 0.323 e. The first-order valence-electron chi connectivity index (χ1n) is 9.34. The number of benzene rings is 2. The van der Waals surface area contributed by atoms with Gasteiger partial charge in [0.25, 0.3) is 5.56 Å². The Bertz CT molecular complexity index is 1450. The number of thiophene rings is 1. The van der Waals surface area contributed by atoms with Crippen LogP contribution in [0, 0.1) is 13.8 Å². The maximum atomic E-state index is 13.4. The molecule has 158 valence electrons. The van der Waals surface area contributed by atoms with Crippen molar-refractivity contribution in [2.45, 2.75) is 20.4 Å². The summed E-state index contributed by atoms with van der Waals surface area (Å²) in [6, 6.07) is 13.3. The van der Waals surface area contributed by atoms with Crippen LogP contribution in [0.4, 0.5) is 5.69 Å². The lowest BCUT2D eigenvalue weighted by Gasteiger charge is -2.13. The monoisotopic (exact) mass is 473 g/mol. The number of anilines is 1. The maximum absolute atomic E-state index is 13.4. The number of nitrogens with one attached hydrogen (secondary N) is 1. The molecule has 0 aliphatic carbocycles. The molecular weight excluding hydrogens is 457 g/mol. The zero-order valence-corrected chi connectivity index (χ0v) is 18.9. The van der Waals surface area contributed by atoms with E-state index in [1.54, 1.807) is 48.5 Å². The third-order valence-corrected chi connectivity index (χ3v) is 6.76. The van der Waals surface area contributed by atoms with Gasteiger partial charge in [-0.2, -0.15) is 0 Å². The highest BCUT2D eigenvalue weighted by Crippen LogP contribution is 2.27. The molecule has 0 saturated carbocycles. The Labute approximate surface area is 191 Å². The molecule has 2 aromatic heterocycles. The Kier molecular flexibility index (Phi) is 5.75. The first-order chi connectivity index (χ1) is 14.8. The number of aromatic nitrogens is 2. The van der Waals surface area contributed by atoms with Crippen LogP contribution < -0.4 is 16.6 Å². The van der Waals surface area contributed by atoms with Gasteiger partial charge in [-0.25, -0.2) is 9.36 Å². The lowest BCUT2D eigenvalue weighted by Crippen LogP contribution is -2.40. The molecule has 0 aliphatic rings. The molecule has 9 heteroatoms. The van der Waals surface area contributed by atoms with Crippen LogP contribution in [0.1, 0.15) is 10.4 Å². The SMILES string of the molecule is Cc1sc2c(c1C)c(=O)n(-c1cccc(Cl)c1)c(=O)n2CC(=O)Nc1ccccc1Cl. The molecule has 2 aromatic carbocycles. The van der Waals surface area contributed by atoms with Gasteiger partial charge in [-0.3, -0.25) is 14.2 Å². The summed E-state index contributed by atoms with van der Waals surface area (Å²) < 4.78 is 2.37. The molecule has 4 rings (SSSR count). The highest BCUT2D eigenvalue weighted by molar-refractivity contribution is 7.18. The van der Waals surface area contributed by atoms with Crippen LogP contribution in [0.25, 0.3) is 15.9 Å². The maximum Gasteiger partial charge on any atom is 0.337 e. The summed E-state index contributed by atoms with van der Waals surface area (Å²) >= 11 is 13.5. The average molecular weight is 474 g/mol. The third-order valence-electron chi connectivity index (χ3n) is 4.97. The van der Waals surface area contributed by atoms with Gasteiger partial charge in [0.05, 0.1) is 21.8 Å². The average Bonchev–Trinajstić information content (AvgIpc) is 3.02. The largest absolute Gasteiger partial charge is 0.337 e. The molecule has 0 fully saturated rings. The Morgan fingerprint density at radius 3 is 2.52 bits per heavy atom. The topological polar surface area (TPSA) is 73.1 Å². The summed E-state index contributed by atoms with van der Waals surface area (Å²) in [6.45, 7) is 3.43. The van der Waals surface area contributed by atoms with Gasteiger partial charge in [-0.05, 0) is 49.7 Å². The highest BCUT2D eigenvalue weighted by atomic mass is 35.5. The third kappa shape index (κ3) is 3.92. The fourth-order valence-corrected chi connectivity index (χ4v) is 4.84. The number of nitrogens with zero attached hydrogens (tertiary/aromatic N) is 2. The van der Waals surface area contributed by atoms with Gasteiger partial charge in [-0.15, -0.1) is 11.3 Å². The minimum atomic E-state index is -0.615. The van der Waals surface area contributed by atoms with Crippen molar-refractivity contribution in [1.29, 1.82) is 0 Å². The Hall–Kier alpha value is -2.87. The number of fused-ring (bicyclic) bond motifs is 1. The predicted molar refractivity (Wildman–Crippen MR) is 126 cm³/mol. The zero-order chi connectivity index (χ0) is 22.3. The fourth-order valence-electron chi connectivity index (χ4n) is 3.34. The number of carbonyl (C=O) groups is 1. The number of halogens is 2. The molecule has 0 unspecified atom stereocenters. The number of amides is 1. The summed E-state index contributed by atoms with van der Waals surface area (Å²) in [5.41, 5.74) is 0.510. The van der Waals surface area contributed by atoms with E-state index in [1.807, 2.05) is 13.8 Å². The molecule has 31 heavy (non-hydrogen) atoms. The number of aryl methyl sites for hydroxylation is 2. The number of para-hydroxylation sites is 1. The molecule has 0 radical (unpaired) electrons. The van der Waals surface area contributed by atoms with E-state index in [4.69, 9.17) is 23.2 Å². The lowest BCUT2D eigenvalue weighted by atomic mass is 10.2. The number of hydrogen-bond donors (Lipinski definition) is 1. The van der Waals surface area contributed by atoms with Crippen LogP contribution in [0.3, 0.4) is 0 Å². The van der Waals surface area contributed by atoms with Gasteiger partial charge < -0.3 is 5.32 Å². The normalized spacial score (nSPS) is 11.1. The van der Waals surface area contributed by atoms with Crippen LogP contribution in [0.2, 0.25) is 10.0 Å². The molecule has 4 aromatic rings. The minimum absolute atomic E-state index is 0.277. The fraction of sp³-hybridized carbons (Fsp3) is 0.136. The Morgan fingerprint density at radius 1 is 1.06 bits per heavy atom. The van der Waals surface area contributed by atoms with Crippen LogP contribution in [-0.2, 0) is 11.3 Å². The van der Waals surface area contributed by atoms with Gasteiger partial charge in [0.2, 0.25) is 5.91 Å². The second-order valence-corrected chi connectivity index (χ2v) is 9.03. The van der Waals surface area contributed by atoms with Crippen molar-refractivity contribution in [3.63, 3.8) is 0 Å². The quantitative estimate of drug-likeness (QED) is 0.463. The molecule has 1 amide bonds. The predicted octanol–water partition coefficient (Wildman–Crippen LogP) is 4.78. The first kappa shape index (κ1) is 21.4. The summed E-state index contributed by atoms with van der Waals surface area (Å²) in [6.07, 6.45) is 0. The molecule has 0 spiro atoms. The first-order valence-corrected chi connectivity index (χ1v) is 10.9. The van der Waals surface area contributed by atoms with E-state index in [-0.39, 0.29) is 6.54 Å². The van der Waals surface area contributed by atoms with Crippen molar-refractivity contribution in [3.05, 3.63) is 89.9 Å². The van der Waals surface area contributed by atoms with E-state index in [1.165, 1.54) is 15.9 Å². The van der Waals surface area contributed by atoms with Crippen LogP contribution in [0.5, 0.6) is 0 Å². The summed E-state index contributed by atoms with van der Waals surface area (Å²) in [4.78, 5) is 40.8. The van der Waals surface area contributed by atoms with Gasteiger partial charge in [0, 0.05) is 9.90 Å². The van der Waals surface area contributed by atoms with Gasteiger partial charge in [0.15, 0.2) is 0 Å². The molecular formula is C22H17Cl2N3O3S. The minimum Gasteiger partial charge on any atom is -0.323 e. The Morgan fingerprint density at radius 2 is 1.81 bits per heavy atom. The van der Waals surface area contributed by atoms with E-state index in [2.05, 4.69) is 5.32 Å². The number of carbonyl (C=O) groups excluding carboxylic acids is 1. The second kappa shape index (κ2) is 8.34. The summed E-state index contributed by atoms with van der Waals surface area (Å²) in [5.74, 6) is -0.434. The van der Waals surface area contributed by atoms with Crippen molar-refractivity contribution in [3.8, 4) is 5.69 Å². The molecule has 0 bridgehead atoms. The van der Waals surface area contributed by atoms with Gasteiger partial charge in [0.1, 0.15) is 11.4 Å². The number of hydrogen-bond acceptors (Lipinski definition) is 4. The molecule has 0 aliphatic heterocycles. The van der Waals surface area contributed by atoms with Crippen molar-refractivity contribution in [2.24, 2.45) is 0 Å². The molecule has 0 atom stereocenters. The molecule has 2 heterocycles. The molecule has 6 nitrogen and oxygen atoms in total. The van der Waals surface area contributed by atoms with E-state index < -0.39 is 17.2 Å². The zero-order valence-electron chi connectivity index (χ0n) is 16.6. The van der Waals surface area contributed by atoms with Crippen LogP contribution in [0.15, 0.2) is 58.1 Å². The summed E-state index contributed by atoms with van der Waals surface area (Å²) in [7, 11) is 0. The van der Waals surface area contributed by atoms with Gasteiger partial charge in [-0.1, -0.05) is 41.4 Å². The van der Waals surface area contributed by atoms with E-state index in [0.29, 0.717) is 31.6 Å². The lowest BCUT2D eigenvalue weighted by molar-refractivity contribution is -0.116. The summed E-state index contributed by atoms with van der Waals surface area (Å²) in [5, 5.41) is 3.91. The second-order valence-electron chi connectivity index (χ2n) is 6.98. The van der Waals surface area contributed by atoms with E-state index in [0.717, 1.165) is 15.0 Å². The van der Waals surface area contributed by atoms with Crippen molar-refractivity contribution < 1.29 is 4.79 Å². The van der Waals surface area contributed by atoms with Crippen molar-refractivity contribution in [2.75, 3.05) is 5.32 Å². The molecule has 0 saturated heterocycles. The number of rotatable bonds is 4. The van der Waals surface area contributed by atoms with Crippen molar-refractivity contribution in [1.82, 2.24) is 9.13 Å². The Balaban J connectivity index is 1.89. The van der Waals surface area contributed by atoms with Crippen molar-refractivity contribution >= 4 is 56.3 Å². The van der Waals surface area contributed by atoms with E-state index >= 15 is 0 Å². The standard InChI is InChI=1S/C22H17Cl2N3O3S/c1-12-13(2)31-21-19(12)20(29)27(15-7-5-6-14(23)10-15)22(30)26(21)11-18(28)25-17-9-4-3-8-16(17)24/h3-10H,11H2,1-2H3,(H,25,28). The molecule has 1 N–H and O–H groups in total. The van der Waals surface area contributed by atoms with E-state index in [9.17, 15) is 14.4 Å². The van der Waals surface area contributed by atoms with Gasteiger partial charge >= 0.3 is 5.69 Å². The highest BCUT2D eigenvalue weighted by Gasteiger charge is 2.21. The van der Waals surface area contributed by atoms with Crippen LogP contribution >= 0.6 is 34.5 Å². The van der Waals surface area contributed by atoms with Crippen LogP contribution in [-0.4, -0.2) is 15.0 Å².